The van der Waals surface area contributed by atoms with Gasteiger partial charge in [-0.3, -0.25) is 19.3 Å². The predicted molar refractivity (Wildman–Crippen MR) is 128 cm³/mol. The van der Waals surface area contributed by atoms with Crippen molar-refractivity contribution in [2.24, 2.45) is 11.8 Å². The number of esters is 1. The number of aryl methyl sites for hydroxylation is 1. The Bertz CT molecular complexity index is 1270. The molecule has 8 nitrogen and oxygen atoms in total. The molecular formula is C27H27N3O5. The van der Waals surface area contributed by atoms with E-state index < -0.39 is 23.3 Å². The molecule has 2 aromatic rings. The number of carbonyl (C=O) groups excluding carboxylic acids is 4. The van der Waals surface area contributed by atoms with Crippen LogP contribution in [0.25, 0.3) is 0 Å². The summed E-state index contributed by atoms with van der Waals surface area (Å²) in [4.78, 5) is 57.0. The van der Waals surface area contributed by atoms with Crippen LogP contribution in [0, 0.1) is 11.8 Å². The van der Waals surface area contributed by atoms with Crippen molar-refractivity contribution in [3.05, 3.63) is 59.2 Å². The molecule has 4 atom stereocenters. The molecule has 180 valence electrons. The van der Waals surface area contributed by atoms with Gasteiger partial charge in [-0.1, -0.05) is 25.1 Å². The maximum atomic E-state index is 14.0. The first kappa shape index (κ1) is 22.0. The second-order valence-corrected chi connectivity index (χ2v) is 9.60. The van der Waals surface area contributed by atoms with Crippen molar-refractivity contribution in [3.63, 3.8) is 0 Å². The Hall–Kier alpha value is -3.52. The highest BCUT2D eigenvalue weighted by molar-refractivity contribution is 6.26. The summed E-state index contributed by atoms with van der Waals surface area (Å²) in [6, 6.07) is 12.0. The lowest BCUT2D eigenvalue weighted by atomic mass is 9.75. The van der Waals surface area contributed by atoms with Crippen LogP contribution in [0.4, 0.5) is 11.4 Å². The van der Waals surface area contributed by atoms with Gasteiger partial charge in [0.2, 0.25) is 17.7 Å². The molecular weight excluding hydrogens is 446 g/mol. The quantitative estimate of drug-likeness (QED) is 0.542. The van der Waals surface area contributed by atoms with Crippen molar-refractivity contribution >= 4 is 35.1 Å². The molecule has 6 rings (SSSR count). The number of hydrogen-bond donors (Lipinski definition) is 1. The summed E-state index contributed by atoms with van der Waals surface area (Å²) in [5.74, 6) is -2.68. The van der Waals surface area contributed by atoms with Crippen LogP contribution >= 0.6 is 0 Å². The third-order valence-corrected chi connectivity index (χ3v) is 8.13. The van der Waals surface area contributed by atoms with Gasteiger partial charge in [0.05, 0.1) is 29.7 Å². The molecule has 0 bridgehead atoms. The van der Waals surface area contributed by atoms with Gasteiger partial charge in [0, 0.05) is 17.3 Å². The van der Waals surface area contributed by atoms with Crippen molar-refractivity contribution in [2.75, 3.05) is 23.4 Å². The molecule has 0 unspecified atom stereocenters. The maximum Gasteiger partial charge on any atom is 0.338 e. The van der Waals surface area contributed by atoms with E-state index in [-0.39, 0.29) is 30.4 Å². The van der Waals surface area contributed by atoms with Gasteiger partial charge in [-0.05, 0) is 62.6 Å². The zero-order valence-corrected chi connectivity index (χ0v) is 19.7. The molecule has 0 aliphatic carbocycles. The van der Waals surface area contributed by atoms with E-state index in [9.17, 15) is 19.2 Å². The Morgan fingerprint density at radius 2 is 1.86 bits per heavy atom. The molecule has 0 saturated carbocycles. The number of nitrogens with one attached hydrogen (secondary N) is 1. The molecule has 1 N–H and O–H groups in total. The van der Waals surface area contributed by atoms with Crippen LogP contribution in [0.5, 0.6) is 0 Å². The first-order valence-corrected chi connectivity index (χ1v) is 12.3. The number of imide groups is 1. The first-order chi connectivity index (χ1) is 16.9. The van der Waals surface area contributed by atoms with Gasteiger partial charge in [-0.2, -0.15) is 0 Å². The number of ether oxygens (including phenoxy) is 1. The highest BCUT2D eigenvalue weighted by Crippen LogP contribution is 2.61. The number of anilines is 2. The highest BCUT2D eigenvalue weighted by Gasteiger charge is 2.74. The Morgan fingerprint density at radius 3 is 2.57 bits per heavy atom. The second-order valence-electron chi connectivity index (χ2n) is 9.60. The third-order valence-electron chi connectivity index (χ3n) is 8.13. The second kappa shape index (κ2) is 7.75. The van der Waals surface area contributed by atoms with Crippen LogP contribution in [0.1, 0.15) is 48.2 Å². The average molecular weight is 474 g/mol. The van der Waals surface area contributed by atoms with E-state index >= 15 is 0 Å². The van der Waals surface area contributed by atoms with E-state index in [2.05, 4.69) is 10.2 Å². The van der Waals surface area contributed by atoms with Crippen LogP contribution in [0.15, 0.2) is 42.5 Å². The third kappa shape index (κ3) is 2.71. The minimum absolute atomic E-state index is 0.165. The molecule has 3 fully saturated rings. The number of rotatable bonds is 4. The summed E-state index contributed by atoms with van der Waals surface area (Å²) in [6.07, 6.45) is 2.40. The molecule has 0 aromatic heterocycles. The van der Waals surface area contributed by atoms with Gasteiger partial charge in [-0.15, -0.1) is 0 Å². The first-order valence-electron chi connectivity index (χ1n) is 12.3. The molecule has 4 heterocycles. The van der Waals surface area contributed by atoms with E-state index in [1.54, 1.807) is 31.2 Å². The topological polar surface area (TPSA) is 96.0 Å². The SMILES string of the molecule is CCOC(=O)c1ccc(N2C(=O)[C@@H]3[C@H]4CCCN4[C@]4(C(=O)Nc5c(CC)cccc54)[C@H]3C2=O)cc1. The highest BCUT2D eigenvalue weighted by atomic mass is 16.5. The van der Waals surface area contributed by atoms with E-state index in [1.165, 1.54) is 4.90 Å². The fourth-order valence-corrected chi connectivity index (χ4v) is 6.80. The number of fused-ring (bicyclic) bond motifs is 7. The number of para-hydroxylation sites is 1. The van der Waals surface area contributed by atoms with Gasteiger partial charge in [0.15, 0.2) is 0 Å². The number of carbonyl (C=O) groups is 4. The van der Waals surface area contributed by atoms with Crippen LogP contribution in [0.3, 0.4) is 0 Å². The fourth-order valence-electron chi connectivity index (χ4n) is 6.80. The van der Waals surface area contributed by atoms with E-state index in [0.717, 1.165) is 36.1 Å². The Morgan fingerprint density at radius 1 is 1.09 bits per heavy atom. The molecule has 1 spiro atoms. The van der Waals surface area contributed by atoms with Crippen LogP contribution in [0.2, 0.25) is 0 Å². The van der Waals surface area contributed by atoms with Gasteiger partial charge < -0.3 is 10.1 Å². The zero-order chi connectivity index (χ0) is 24.5. The van der Waals surface area contributed by atoms with Gasteiger partial charge in [0.1, 0.15) is 5.54 Å². The molecule has 4 aliphatic rings. The lowest BCUT2D eigenvalue weighted by molar-refractivity contribution is -0.135. The molecule has 2 aromatic carbocycles. The van der Waals surface area contributed by atoms with Gasteiger partial charge >= 0.3 is 5.97 Å². The summed E-state index contributed by atoms with van der Waals surface area (Å²) >= 11 is 0. The normalized spacial score (nSPS) is 28.9. The van der Waals surface area contributed by atoms with E-state index in [0.29, 0.717) is 17.8 Å². The smallest absolute Gasteiger partial charge is 0.338 e. The predicted octanol–water partition coefficient (Wildman–Crippen LogP) is 2.86. The van der Waals surface area contributed by atoms with Crippen LogP contribution in [-0.2, 0) is 31.1 Å². The largest absolute Gasteiger partial charge is 0.462 e. The zero-order valence-electron chi connectivity index (χ0n) is 19.7. The van der Waals surface area contributed by atoms with E-state index in [1.807, 2.05) is 25.1 Å². The molecule has 4 aliphatic heterocycles. The molecule has 0 radical (unpaired) electrons. The molecule has 3 amide bonds. The minimum atomic E-state index is -1.18. The lowest BCUT2D eigenvalue weighted by Gasteiger charge is -2.36. The average Bonchev–Trinajstić information content (AvgIpc) is 3.57. The number of hydrogen-bond acceptors (Lipinski definition) is 6. The Kier molecular flexibility index (Phi) is 4.86. The fraction of sp³-hybridized carbons (Fsp3) is 0.407. The monoisotopic (exact) mass is 473 g/mol. The summed E-state index contributed by atoms with van der Waals surface area (Å²) in [6.45, 7) is 4.70. The van der Waals surface area contributed by atoms with Crippen molar-refractivity contribution in [3.8, 4) is 0 Å². The lowest BCUT2D eigenvalue weighted by Crippen LogP contribution is -2.54. The minimum Gasteiger partial charge on any atom is -0.462 e. The Labute approximate surface area is 203 Å². The van der Waals surface area contributed by atoms with Crippen molar-refractivity contribution in [2.45, 2.75) is 44.7 Å². The summed E-state index contributed by atoms with van der Waals surface area (Å²) in [5.41, 5.74) is 2.19. The summed E-state index contributed by atoms with van der Waals surface area (Å²) < 4.78 is 5.03. The Balaban J connectivity index is 1.45. The van der Waals surface area contributed by atoms with Crippen molar-refractivity contribution < 1.29 is 23.9 Å². The summed E-state index contributed by atoms with van der Waals surface area (Å²) in [7, 11) is 0. The molecule has 8 heteroatoms. The standard InChI is InChI=1S/C27H27N3O5/c1-3-15-7-5-8-18-22(15)28-26(34)27(18)21-20(19-9-6-14-29(19)27)23(31)30(24(21)32)17-12-10-16(11-13-17)25(33)35-4-2/h5,7-8,10-13,19-21H,3-4,6,9,14H2,1-2H3,(H,28,34)/t19-,20-,21-,27+/m1/s1. The molecule has 3 saturated heterocycles. The summed E-state index contributed by atoms with van der Waals surface area (Å²) in [5, 5.41) is 3.08. The van der Waals surface area contributed by atoms with Gasteiger partial charge in [0.25, 0.3) is 0 Å². The number of benzene rings is 2. The van der Waals surface area contributed by atoms with Crippen LogP contribution < -0.4 is 10.2 Å². The van der Waals surface area contributed by atoms with Gasteiger partial charge in [-0.25, -0.2) is 9.69 Å². The maximum absolute atomic E-state index is 14.0. The van der Waals surface area contributed by atoms with Crippen LogP contribution in [-0.4, -0.2) is 47.8 Å². The van der Waals surface area contributed by atoms with Crippen molar-refractivity contribution in [1.29, 1.82) is 0 Å². The number of amides is 3. The van der Waals surface area contributed by atoms with E-state index in [4.69, 9.17) is 4.74 Å². The number of nitrogens with zero attached hydrogens (tertiary/aromatic N) is 2. The van der Waals surface area contributed by atoms with Crippen molar-refractivity contribution in [1.82, 2.24) is 4.90 Å². The molecule has 35 heavy (non-hydrogen) atoms.